The molecule has 0 spiro atoms. The first-order chi connectivity index (χ1) is 16.9. The maximum atomic E-state index is 13.3. The van der Waals surface area contributed by atoms with Crippen molar-refractivity contribution >= 4 is 43.9 Å². The van der Waals surface area contributed by atoms with Gasteiger partial charge in [-0.05, 0) is 29.8 Å². The Morgan fingerprint density at radius 3 is 2.31 bits per heavy atom. The molecule has 8 heteroatoms. The molecule has 5 rings (SSSR count). The number of carbonyl (C=O) groups excluding carboxylic acids is 1. The van der Waals surface area contributed by atoms with Crippen LogP contribution in [0, 0.1) is 0 Å². The molecule has 0 unspecified atom stereocenters. The second kappa shape index (κ2) is 9.76. The number of hydrogen-bond donors (Lipinski definition) is 0. The predicted molar refractivity (Wildman–Crippen MR) is 140 cm³/mol. The Morgan fingerprint density at radius 2 is 1.57 bits per heavy atom. The van der Waals surface area contributed by atoms with Gasteiger partial charge in [-0.2, -0.15) is 0 Å². The molecule has 1 amide bonds. The molecule has 1 aliphatic heterocycles. The van der Waals surface area contributed by atoms with Crippen molar-refractivity contribution in [3.8, 4) is 0 Å². The molecule has 0 atom stereocenters. The van der Waals surface area contributed by atoms with E-state index in [-0.39, 0.29) is 23.1 Å². The van der Waals surface area contributed by atoms with E-state index >= 15 is 0 Å². The Bertz CT molecular complexity index is 1460. The summed E-state index contributed by atoms with van der Waals surface area (Å²) in [6, 6.07) is 24.2. The van der Waals surface area contributed by atoms with Gasteiger partial charge in [0.25, 0.3) is 0 Å². The summed E-state index contributed by atoms with van der Waals surface area (Å²) in [6.07, 6.45) is 1.61. The Labute approximate surface area is 210 Å². The van der Waals surface area contributed by atoms with E-state index in [1.807, 2.05) is 77.7 Å². The molecule has 35 heavy (non-hydrogen) atoms. The molecule has 0 radical (unpaired) electrons. The first-order valence-corrected chi connectivity index (χ1v) is 13.6. The summed E-state index contributed by atoms with van der Waals surface area (Å²) in [7, 11) is -3.58. The van der Waals surface area contributed by atoms with Crippen molar-refractivity contribution < 1.29 is 13.2 Å². The number of amides is 1. The number of rotatable bonds is 6. The Morgan fingerprint density at radius 1 is 0.857 bits per heavy atom. The lowest BCUT2D eigenvalue weighted by atomic mass is 10.2. The molecule has 4 aromatic rings. The molecule has 0 aliphatic carbocycles. The van der Waals surface area contributed by atoms with Gasteiger partial charge in [0.15, 0.2) is 9.84 Å². The van der Waals surface area contributed by atoms with Crippen LogP contribution in [-0.4, -0.2) is 50.0 Å². The molecule has 6 nitrogen and oxygen atoms in total. The highest BCUT2D eigenvalue weighted by molar-refractivity contribution is 7.90. The Hall–Kier alpha value is -3.29. The number of halogens is 1. The number of aromatic nitrogens is 1. The average molecular weight is 508 g/mol. The summed E-state index contributed by atoms with van der Waals surface area (Å²) in [4.78, 5) is 17.5. The van der Waals surface area contributed by atoms with Crippen LogP contribution in [-0.2, 0) is 26.9 Å². The SMILES string of the molecule is O=C(Cn1cc(S(=O)(=O)Cc2ccccc2)c2ccccc21)N1CCN(c2cccc(Cl)c2)CC1. The molecule has 1 fully saturated rings. The van der Waals surface area contributed by atoms with Gasteiger partial charge in [-0.25, -0.2) is 8.42 Å². The third-order valence-corrected chi connectivity index (χ3v) is 8.34. The van der Waals surface area contributed by atoms with Gasteiger partial charge in [0.1, 0.15) is 6.54 Å². The number of piperazine rings is 1. The number of anilines is 1. The zero-order valence-corrected chi connectivity index (χ0v) is 20.8. The Balaban J connectivity index is 1.33. The highest BCUT2D eigenvalue weighted by Crippen LogP contribution is 2.28. The van der Waals surface area contributed by atoms with Crippen LogP contribution in [0.15, 0.2) is 90.0 Å². The van der Waals surface area contributed by atoms with Gasteiger partial charge in [0.2, 0.25) is 5.91 Å². The fourth-order valence-electron chi connectivity index (χ4n) is 4.60. The van der Waals surface area contributed by atoms with Gasteiger partial charge in [-0.15, -0.1) is 0 Å². The van der Waals surface area contributed by atoms with Crippen LogP contribution in [0.3, 0.4) is 0 Å². The van der Waals surface area contributed by atoms with Crippen LogP contribution in [0.4, 0.5) is 5.69 Å². The standard InChI is InChI=1S/C27H26ClN3O3S/c28-22-9-6-10-23(17-22)29-13-15-30(16-14-29)27(32)19-31-18-26(24-11-4-5-12-25(24)31)35(33,34)20-21-7-2-1-3-8-21/h1-12,17-18H,13-16,19-20H2. The lowest BCUT2D eigenvalue weighted by Gasteiger charge is -2.36. The van der Waals surface area contributed by atoms with Crippen LogP contribution in [0.25, 0.3) is 10.9 Å². The first-order valence-electron chi connectivity index (χ1n) is 11.5. The molecule has 1 aliphatic rings. The quantitative estimate of drug-likeness (QED) is 0.382. The fourth-order valence-corrected chi connectivity index (χ4v) is 6.36. The predicted octanol–water partition coefficient (Wildman–Crippen LogP) is 4.62. The van der Waals surface area contributed by atoms with Gasteiger partial charge in [0, 0.05) is 54.0 Å². The number of nitrogens with zero attached hydrogens (tertiary/aromatic N) is 3. The molecule has 180 valence electrons. The maximum Gasteiger partial charge on any atom is 0.242 e. The van der Waals surface area contributed by atoms with Gasteiger partial charge < -0.3 is 14.4 Å². The van der Waals surface area contributed by atoms with Crippen molar-refractivity contribution in [2.24, 2.45) is 0 Å². The second-order valence-corrected chi connectivity index (χ2v) is 11.1. The summed E-state index contributed by atoms with van der Waals surface area (Å²) in [5.74, 6) is -0.107. The number of hydrogen-bond acceptors (Lipinski definition) is 4. The molecule has 0 saturated carbocycles. The highest BCUT2D eigenvalue weighted by Gasteiger charge is 2.25. The summed E-state index contributed by atoms with van der Waals surface area (Å²) in [5.41, 5.74) is 2.53. The zero-order chi connectivity index (χ0) is 24.4. The maximum absolute atomic E-state index is 13.3. The van der Waals surface area contributed by atoms with Crippen molar-refractivity contribution in [1.29, 1.82) is 0 Å². The van der Waals surface area contributed by atoms with E-state index in [1.165, 1.54) is 0 Å². The van der Waals surface area contributed by atoms with Crippen LogP contribution in [0.5, 0.6) is 0 Å². The van der Waals surface area contributed by atoms with E-state index in [4.69, 9.17) is 11.6 Å². The summed E-state index contributed by atoms with van der Waals surface area (Å²) in [6.45, 7) is 2.73. The molecular weight excluding hydrogens is 482 g/mol. The van der Waals surface area contributed by atoms with Crippen LogP contribution in [0.2, 0.25) is 5.02 Å². The topological polar surface area (TPSA) is 62.6 Å². The van der Waals surface area contributed by atoms with Crippen LogP contribution >= 0.6 is 11.6 Å². The third kappa shape index (κ3) is 5.06. The van der Waals surface area contributed by atoms with Gasteiger partial charge in [-0.3, -0.25) is 4.79 Å². The van der Waals surface area contributed by atoms with Crippen LogP contribution < -0.4 is 4.90 Å². The molecule has 2 heterocycles. The first kappa shape index (κ1) is 23.5. The van der Waals surface area contributed by atoms with Crippen LogP contribution in [0.1, 0.15) is 5.56 Å². The van der Waals surface area contributed by atoms with E-state index in [9.17, 15) is 13.2 Å². The number of para-hydroxylation sites is 1. The Kier molecular flexibility index (Phi) is 6.54. The minimum atomic E-state index is -3.58. The number of carbonyl (C=O) groups is 1. The molecular formula is C27H26ClN3O3S. The minimum absolute atomic E-state index is 0.0245. The number of sulfone groups is 1. The van der Waals surface area contributed by atoms with Crippen molar-refractivity contribution in [1.82, 2.24) is 9.47 Å². The summed E-state index contributed by atoms with van der Waals surface area (Å²) in [5, 5.41) is 1.33. The van der Waals surface area contributed by atoms with E-state index in [2.05, 4.69) is 4.90 Å². The third-order valence-electron chi connectivity index (χ3n) is 6.40. The molecule has 1 aromatic heterocycles. The van der Waals surface area contributed by atoms with E-state index in [0.717, 1.165) is 29.9 Å². The van der Waals surface area contributed by atoms with E-state index < -0.39 is 9.84 Å². The largest absolute Gasteiger partial charge is 0.368 e. The fraction of sp³-hybridized carbons (Fsp3) is 0.222. The second-order valence-electron chi connectivity index (χ2n) is 8.73. The lowest BCUT2D eigenvalue weighted by Crippen LogP contribution is -2.49. The van der Waals surface area contributed by atoms with Crippen molar-refractivity contribution in [3.05, 3.63) is 95.6 Å². The van der Waals surface area contributed by atoms with Gasteiger partial charge >= 0.3 is 0 Å². The van der Waals surface area contributed by atoms with Crippen molar-refractivity contribution in [2.75, 3.05) is 31.1 Å². The van der Waals surface area contributed by atoms with E-state index in [0.29, 0.717) is 23.5 Å². The summed E-state index contributed by atoms with van der Waals surface area (Å²) < 4.78 is 28.3. The normalized spacial score (nSPS) is 14.4. The summed E-state index contributed by atoms with van der Waals surface area (Å²) >= 11 is 6.12. The van der Waals surface area contributed by atoms with Gasteiger partial charge in [-0.1, -0.05) is 66.2 Å². The monoisotopic (exact) mass is 507 g/mol. The lowest BCUT2D eigenvalue weighted by molar-refractivity contribution is -0.132. The molecule has 3 aromatic carbocycles. The molecule has 1 saturated heterocycles. The van der Waals surface area contributed by atoms with E-state index in [1.54, 1.807) is 16.8 Å². The zero-order valence-electron chi connectivity index (χ0n) is 19.2. The molecule has 0 bridgehead atoms. The highest BCUT2D eigenvalue weighted by atomic mass is 35.5. The number of benzene rings is 3. The average Bonchev–Trinajstić information content (AvgIpc) is 3.24. The van der Waals surface area contributed by atoms with Crippen molar-refractivity contribution in [3.63, 3.8) is 0 Å². The smallest absolute Gasteiger partial charge is 0.242 e. The molecule has 0 N–H and O–H groups in total. The van der Waals surface area contributed by atoms with Crippen molar-refractivity contribution in [2.45, 2.75) is 17.2 Å². The number of fused-ring (bicyclic) bond motifs is 1. The van der Waals surface area contributed by atoms with Gasteiger partial charge in [0.05, 0.1) is 10.6 Å². The minimum Gasteiger partial charge on any atom is -0.368 e.